The molecule has 0 heterocycles. The topological polar surface area (TPSA) is 62.2 Å². The SMILES string of the molecule is COc1ccc(NC(=O)c2ccc(Cl)cc2)c(C2CCCCC2=N)c1. The molecule has 1 aliphatic carbocycles. The first-order valence-corrected chi connectivity index (χ1v) is 8.78. The second-order valence-corrected chi connectivity index (χ2v) is 6.67. The number of hydrogen-bond acceptors (Lipinski definition) is 3. The number of anilines is 1. The van der Waals surface area contributed by atoms with Gasteiger partial charge in [-0.1, -0.05) is 18.0 Å². The Hall–Kier alpha value is -2.33. The molecule has 5 heteroatoms. The van der Waals surface area contributed by atoms with Crippen molar-refractivity contribution in [3.8, 4) is 5.75 Å². The molecule has 0 radical (unpaired) electrons. The van der Waals surface area contributed by atoms with E-state index in [1.807, 2.05) is 18.2 Å². The number of halogens is 1. The van der Waals surface area contributed by atoms with Crippen molar-refractivity contribution in [3.05, 3.63) is 58.6 Å². The number of carbonyl (C=O) groups excluding carboxylic acids is 1. The summed E-state index contributed by atoms with van der Waals surface area (Å²) in [6.07, 6.45) is 3.89. The highest BCUT2D eigenvalue weighted by Crippen LogP contribution is 2.36. The van der Waals surface area contributed by atoms with Gasteiger partial charge in [0.05, 0.1) is 7.11 Å². The number of hydrogen-bond donors (Lipinski definition) is 2. The zero-order valence-electron chi connectivity index (χ0n) is 14.1. The molecule has 1 aliphatic rings. The van der Waals surface area contributed by atoms with Crippen molar-refractivity contribution < 1.29 is 9.53 Å². The van der Waals surface area contributed by atoms with E-state index >= 15 is 0 Å². The van der Waals surface area contributed by atoms with Crippen LogP contribution in [0.15, 0.2) is 42.5 Å². The Bertz CT molecular complexity index is 787. The highest BCUT2D eigenvalue weighted by Gasteiger charge is 2.24. The summed E-state index contributed by atoms with van der Waals surface area (Å²) in [5.41, 5.74) is 2.95. The zero-order chi connectivity index (χ0) is 17.8. The Morgan fingerprint density at radius 1 is 1.20 bits per heavy atom. The second kappa shape index (κ2) is 7.70. The lowest BCUT2D eigenvalue weighted by Crippen LogP contribution is -2.20. The van der Waals surface area contributed by atoms with E-state index in [2.05, 4.69) is 5.32 Å². The lowest BCUT2D eigenvalue weighted by Gasteiger charge is -2.26. The maximum absolute atomic E-state index is 12.6. The predicted molar refractivity (Wildman–Crippen MR) is 101 cm³/mol. The summed E-state index contributed by atoms with van der Waals surface area (Å²) >= 11 is 5.88. The molecular formula is C20H21ClN2O2. The van der Waals surface area contributed by atoms with Crippen LogP contribution in [0.2, 0.25) is 5.02 Å². The Balaban J connectivity index is 1.90. The van der Waals surface area contributed by atoms with Gasteiger partial charge in [0.15, 0.2) is 0 Å². The van der Waals surface area contributed by atoms with Crippen molar-refractivity contribution in [3.63, 3.8) is 0 Å². The fourth-order valence-electron chi connectivity index (χ4n) is 3.22. The minimum absolute atomic E-state index is 0.0318. The Labute approximate surface area is 152 Å². The number of ether oxygens (including phenoxy) is 1. The average Bonchev–Trinajstić information content (AvgIpc) is 2.63. The first kappa shape index (κ1) is 17.5. The first-order chi connectivity index (χ1) is 12.1. The molecule has 2 N–H and O–H groups in total. The summed E-state index contributed by atoms with van der Waals surface area (Å²) in [6.45, 7) is 0. The Kier molecular flexibility index (Phi) is 5.39. The van der Waals surface area contributed by atoms with E-state index < -0.39 is 0 Å². The number of nitrogens with one attached hydrogen (secondary N) is 2. The molecule has 0 bridgehead atoms. The van der Waals surface area contributed by atoms with Gasteiger partial charge in [0.1, 0.15) is 5.75 Å². The third-order valence-electron chi connectivity index (χ3n) is 4.60. The van der Waals surface area contributed by atoms with Gasteiger partial charge in [0, 0.05) is 27.9 Å². The molecular weight excluding hydrogens is 336 g/mol. The van der Waals surface area contributed by atoms with Gasteiger partial charge >= 0.3 is 0 Å². The van der Waals surface area contributed by atoms with E-state index in [9.17, 15) is 4.79 Å². The van der Waals surface area contributed by atoms with E-state index in [4.69, 9.17) is 21.7 Å². The van der Waals surface area contributed by atoms with E-state index in [0.717, 1.165) is 48.4 Å². The third-order valence-corrected chi connectivity index (χ3v) is 4.85. The first-order valence-electron chi connectivity index (χ1n) is 8.40. The molecule has 2 aromatic rings. The molecule has 0 spiro atoms. The van der Waals surface area contributed by atoms with Crippen LogP contribution in [-0.2, 0) is 0 Å². The molecule has 0 aliphatic heterocycles. The minimum atomic E-state index is -0.189. The largest absolute Gasteiger partial charge is 0.497 e. The van der Waals surface area contributed by atoms with Crippen LogP contribution >= 0.6 is 11.6 Å². The molecule has 4 nitrogen and oxygen atoms in total. The molecule has 0 saturated heterocycles. The van der Waals surface area contributed by atoms with Crippen molar-refractivity contribution in [1.29, 1.82) is 5.41 Å². The Morgan fingerprint density at radius 2 is 1.96 bits per heavy atom. The molecule has 130 valence electrons. The second-order valence-electron chi connectivity index (χ2n) is 6.24. The average molecular weight is 357 g/mol. The lowest BCUT2D eigenvalue weighted by atomic mass is 9.81. The van der Waals surface area contributed by atoms with Crippen molar-refractivity contribution in [2.45, 2.75) is 31.6 Å². The van der Waals surface area contributed by atoms with Gasteiger partial charge in [-0.05, 0) is 67.3 Å². The molecule has 3 rings (SSSR count). The lowest BCUT2D eigenvalue weighted by molar-refractivity contribution is 0.102. The standard InChI is InChI=1S/C20H21ClN2O2/c1-25-15-10-11-19(17(12-15)16-4-2-3-5-18(16)22)23-20(24)13-6-8-14(21)9-7-13/h6-12,16,22H,2-5H2,1H3,(H,23,24). The summed E-state index contributed by atoms with van der Waals surface area (Å²) in [5.74, 6) is 0.577. The molecule has 1 amide bonds. The van der Waals surface area contributed by atoms with Crippen LogP contribution in [0.4, 0.5) is 5.69 Å². The number of benzene rings is 2. The maximum atomic E-state index is 12.6. The van der Waals surface area contributed by atoms with Crippen LogP contribution in [0.3, 0.4) is 0 Å². The smallest absolute Gasteiger partial charge is 0.255 e. The van der Waals surface area contributed by atoms with Crippen LogP contribution in [0, 0.1) is 5.41 Å². The van der Waals surface area contributed by atoms with Gasteiger partial charge in [-0.25, -0.2) is 0 Å². The summed E-state index contributed by atoms with van der Waals surface area (Å²) in [6, 6.07) is 12.4. The summed E-state index contributed by atoms with van der Waals surface area (Å²) in [4.78, 5) is 12.6. The van der Waals surface area contributed by atoms with Gasteiger partial charge in [0.2, 0.25) is 0 Å². The van der Waals surface area contributed by atoms with Crippen molar-refractivity contribution in [2.75, 3.05) is 12.4 Å². The predicted octanol–water partition coefficient (Wildman–Crippen LogP) is 5.28. The van der Waals surface area contributed by atoms with Crippen LogP contribution in [0.1, 0.15) is 47.5 Å². The van der Waals surface area contributed by atoms with E-state index in [-0.39, 0.29) is 11.8 Å². The number of amides is 1. The third kappa shape index (κ3) is 4.02. The fraction of sp³-hybridized carbons (Fsp3) is 0.300. The molecule has 1 atom stereocenters. The van der Waals surface area contributed by atoms with Gasteiger partial charge in [-0.15, -0.1) is 0 Å². The van der Waals surface area contributed by atoms with Gasteiger partial charge in [-0.2, -0.15) is 0 Å². The van der Waals surface area contributed by atoms with Crippen molar-refractivity contribution in [2.24, 2.45) is 0 Å². The summed E-state index contributed by atoms with van der Waals surface area (Å²) in [5, 5.41) is 11.9. The van der Waals surface area contributed by atoms with E-state index in [1.165, 1.54) is 0 Å². The van der Waals surface area contributed by atoms with Crippen LogP contribution in [0.5, 0.6) is 5.75 Å². The molecule has 1 unspecified atom stereocenters. The highest BCUT2D eigenvalue weighted by molar-refractivity contribution is 6.30. The zero-order valence-corrected chi connectivity index (χ0v) is 14.9. The summed E-state index contributed by atoms with van der Waals surface area (Å²) < 4.78 is 5.34. The summed E-state index contributed by atoms with van der Waals surface area (Å²) in [7, 11) is 1.62. The monoisotopic (exact) mass is 356 g/mol. The van der Waals surface area contributed by atoms with Gasteiger partial charge in [-0.3, -0.25) is 4.79 Å². The van der Waals surface area contributed by atoms with E-state index in [1.54, 1.807) is 31.4 Å². The van der Waals surface area contributed by atoms with Crippen LogP contribution in [0.25, 0.3) is 0 Å². The highest BCUT2D eigenvalue weighted by atomic mass is 35.5. The van der Waals surface area contributed by atoms with Gasteiger partial charge < -0.3 is 15.5 Å². The van der Waals surface area contributed by atoms with Crippen molar-refractivity contribution >= 4 is 28.9 Å². The molecule has 1 fully saturated rings. The normalized spacial score (nSPS) is 17.2. The van der Waals surface area contributed by atoms with E-state index in [0.29, 0.717) is 10.6 Å². The number of rotatable bonds is 4. The van der Waals surface area contributed by atoms with Crippen molar-refractivity contribution in [1.82, 2.24) is 0 Å². The fourth-order valence-corrected chi connectivity index (χ4v) is 3.35. The van der Waals surface area contributed by atoms with Gasteiger partial charge in [0.25, 0.3) is 5.91 Å². The quantitative estimate of drug-likeness (QED) is 0.783. The van der Waals surface area contributed by atoms with Crippen LogP contribution in [-0.4, -0.2) is 18.7 Å². The molecule has 0 aromatic heterocycles. The number of methoxy groups -OCH3 is 1. The molecule has 2 aromatic carbocycles. The molecule has 1 saturated carbocycles. The Morgan fingerprint density at radius 3 is 2.64 bits per heavy atom. The van der Waals surface area contributed by atoms with Crippen LogP contribution < -0.4 is 10.1 Å². The maximum Gasteiger partial charge on any atom is 0.255 e. The molecule has 25 heavy (non-hydrogen) atoms. The number of carbonyl (C=O) groups is 1. The minimum Gasteiger partial charge on any atom is -0.497 e.